The van der Waals surface area contributed by atoms with Crippen LogP contribution < -0.4 is 20.7 Å². The molecule has 2 heterocycles. The second kappa shape index (κ2) is 5.52. The van der Waals surface area contributed by atoms with Crippen LogP contribution in [0.1, 0.15) is 36.4 Å². The minimum Gasteiger partial charge on any atom is -0.492 e. The first kappa shape index (κ1) is 15.0. The van der Waals surface area contributed by atoms with Crippen LogP contribution in [-0.4, -0.2) is 33.2 Å². The molecular weight excluding hydrogens is 274 g/mol. The van der Waals surface area contributed by atoms with Gasteiger partial charge in [-0.2, -0.15) is 0 Å². The zero-order valence-electron chi connectivity index (χ0n) is 12.6. The quantitative estimate of drug-likeness (QED) is 0.898. The topological polar surface area (TPSA) is 67.6 Å². The summed E-state index contributed by atoms with van der Waals surface area (Å²) in [5.41, 5.74) is 6.88. The number of nitrogens with zero attached hydrogens (tertiary/aromatic N) is 1. The Morgan fingerprint density at radius 2 is 2.00 bits per heavy atom. The number of ether oxygens (including phenoxy) is 1. The molecule has 0 spiro atoms. The van der Waals surface area contributed by atoms with Crippen molar-refractivity contribution in [1.82, 2.24) is 5.32 Å². The Morgan fingerprint density at radius 1 is 1.40 bits per heavy atom. The first-order valence-corrected chi connectivity index (χ1v) is 7.64. The summed E-state index contributed by atoms with van der Waals surface area (Å²) >= 11 is 1.41. The van der Waals surface area contributed by atoms with Crippen LogP contribution in [0, 0.1) is 5.41 Å². The van der Waals surface area contributed by atoms with Crippen molar-refractivity contribution in [3.8, 4) is 5.75 Å². The van der Waals surface area contributed by atoms with Crippen molar-refractivity contribution in [2.24, 2.45) is 5.41 Å². The average molecular weight is 297 g/mol. The largest absolute Gasteiger partial charge is 0.492 e. The van der Waals surface area contributed by atoms with Crippen LogP contribution in [0.4, 0.5) is 10.7 Å². The number of carbonyl (C=O) groups is 1. The average Bonchev–Trinajstić information content (AvgIpc) is 2.75. The maximum absolute atomic E-state index is 11.8. The maximum Gasteiger partial charge on any atom is 0.263 e. The fourth-order valence-corrected chi connectivity index (χ4v) is 3.61. The standard InChI is InChI=1S/C14H23N3O2S/c1-14(2)5-7-17(8-6-14)13-10(19-4)9(15)11(20-13)12(18)16-3/h5-8,15H2,1-4H3,(H,16,18). The van der Waals surface area contributed by atoms with Crippen LogP contribution in [0.3, 0.4) is 0 Å². The second-order valence-corrected chi connectivity index (χ2v) is 6.91. The van der Waals surface area contributed by atoms with Crippen LogP contribution in [-0.2, 0) is 0 Å². The number of hydrogen-bond donors (Lipinski definition) is 2. The first-order chi connectivity index (χ1) is 9.39. The molecule has 1 aliphatic heterocycles. The molecule has 5 nitrogen and oxygen atoms in total. The highest BCUT2D eigenvalue weighted by atomic mass is 32.1. The molecule has 0 radical (unpaired) electrons. The monoisotopic (exact) mass is 297 g/mol. The number of piperidine rings is 1. The summed E-state index contributed by atoms with van der Waals surface area (Å²) in [7, 11) is 3.21. The van der Waals surface area contributed by atoms with E-state index in [0.717, 1.165) is 30.9 Å². The van der Waals surface area contributed by atoms with Crippen LogP contribution in [0.15, 0.2) is 0 Å². The van der Waals surface area contributed by atoms with Crippen LogP contribution in [0.2, 0.25) is 0 Å². The number of amides is 1. The predicted octanol–water partition coefficient (Wildman–Crippen LogP) is 2.32. The number of rotatable bonds is 3. The van der Waals surface area contributed by atoms with Crippen molar-refractivity contribution in [1.29, 1.82) is 0 Å². The zero-order valence-corrected chi connectivity index (χ0v) is 13.4. The smallest absolute Gasteiger partial charge is 0.263 e. The molecule has 1 amide bonds. The lowest BCUT2D eigenvalue weighted by molar-refractivity contribution is 0.0967. The Morgan fingerprint density at radius 3 is 2.50 bits per heavy atom. The van der Waals surface area contributed by atoms with Gasteiger partial charge in [0.05, 0.1) is 7.11 Å². The van der Waals surface area contributed by atoms with Crippen LogP contribution in [0.5, 0.6) is 5.75 Å². The molecule has 0 atom stereocenters. The van der Waals surface area contributed by atoms with Crippen molar-refractivity contribution in [2.45, 2.75) is 26.7 Å². The van der Waals surface area contributed by atoms with Gasteiger partial charge in [0.25, 0.3) is 5.91 Å². The third-order valence-electron chi connectivity index (χ3n) is 3.92. The summed E-state index contributed by atoms with van der Waals surface area (Å²) in [4.78, 5) is 14.7. The number of nitrogens with one attached hydrogen (secondary N) is 1. The number of carbonyl (C=O) groups excluding carboxylic acids is 1. The minimum atomic E-state index is -0.158. The molecule has 0 saturated carbocycles. The number of hydrogen-bond acceptors (Lipinski definition) is 5. The van der Waals surface area contributed by atoms with E-state index in [0.29, 0.717) is 21.7 Å². The number of nitrogen functional groups attached to an aromatic ring is 1. The van der Waals surface area contributed by atoms with Crippen LogP contribution in [0.25, 0.3) is 0 Å². The molecule has 6 heteroatoms. The summed E-state index contributed by atoms with van der Waals surface area (Å²) < 4.78 is 5.42. The lowest BCUT2D eigenvalue weighted by atomic mass is 9.83. The van der Waals surface area contributed by atoms with E-state index < -0.39 is 0 Å². The zero-order chi connectivity index (χ0) is 14.9. The molecule has 0 bridgehead atoms. The van der Waals surface area contributed by atoms with Crippen molar-refractivity contribution in [2.75, 3.05) is 37.9 Å². The molecule has 1 aromatic rings. The van der Waals surface area contributed by atoms with Gasteiger partial charge in [-0.15, -0.1) is 11.3 Å². The molecule has 0 aliphatic carbocycles. The molecule has 0 aromatic carbocycles. The predicted molar refractivity (Wildman–Crippen MR) is 83.9 cm³/mol. The Balaban J connectivity index is 2.30. The van der Waals surface area contributed by atoms with Gasteiger partial charge in [-0.1, -0.05) is 13.8 Å². The second-order valence-electron chi connectivity index (χ2n) is 5.91. The van der Waals surface area contributed by atoms with Gasteiger partial charge in [-0.05, 0) is 18.3 Å². The Bertz CT molecular complexity index is 501. The highest BCUT2D eigenvalue weighted by Crippen LogP contribution is 2.46. The minimum absolute atomic E-state index is 0.158. The van der Waals surface area contributed by atoms with Gasteiger partial charge in [0, 0.05) is 20.1 Å². The summed E-state index contributed by atoms with van der Waals surface area (Å²) in [5, 5.41) is 3.59. The molecule has 1 aliphatic rings. The van der Waals surface area contributed by atoms with E-state index in [1.807, 2.05) is 0 Å². The van der Waals surface area contributed by atoms with Crippen molar-refractivity contribution in [3.05, 3.63) is 4.88 Å². The lowest BCUT2D eigenvalue weighted by Gasteiger charge is -2.37. The summed E-state index contributed by atoms with van der Waals surface area (Å²) in [6, 6.07) is 0. The van der Waals surface area contributed by atoms with Crippen molar-refractivity contribution >= 4 is 27.9 Å². The highest BCUT2D eigenvalue weighted by molar-refractivity contribution is 7.19. The molecule has 20 heavy (non-hydrogen) atoms. The molecule has 2 rings (SSSR count). The Hall–Kier alpha value is -1.43. The number of nitrogens with two attached hydrogens (primary N) is 1. The third kappa shape index (κ3) is 2.70. The maximum atomic E-state index is 11.8. The van der Waals surface area contributed by atoms with E-state index in [9.17, 15) is 4.79 Å². The number of anilines is 2. The molecule has 1 fully saturated rings. The van der Waals surface area contributed by atoms with Crippen LogP contribution >= 0.6 is 11.3 Å². The Labute approximate surface area is 124 Å². The van der Waals surface area contributed by atoms with Gasteiger partial charge < -0.3 is 20.7 Å². The molecule has 112 valence electrons. The fraction of sp³-hybridized carbons (Fsp3) is 0.643. The SMILES string of the molecule is CNC(=O)c1sc(N2CCC(C)(C)CC2)c(OC)c1N. The van der Waals surface area contributed by atoms with Gasteiger partial charge in [0.15, 0.2) is 5.75 Å². The van der Waals surface area contributed by atoms with E-state index in [4.69, 9.17) is 10.5 Å². The van der Waals surface area contributed by atoms with Crippen molar-refractivity contribution < 1.29 is 9.53 Å². The Kier molecular flexibility index (Phi) is 4.13. The number of thiophene rings is 1. The summed E-state index contributed by atoms with van der Waals surface area (Å²) in [6.45, 7) is 6.52. The summed E-state index contributed by atoms with van der Waals surface area (Å²) in [5.74, 6) is 0.475. The lowest BCUT2D eigenvalue weighted by Crippen LogP contribution is -2.37. The van der Waals surface area contributed by atoms with Gasteiger partial charge in [0.1, 0.15) is 15.6 Å². The fourth-order valence-electron chi connectivity index (χ4n) is 2.42. The third-order valence-corrected chi connectivity index (χ3v) is 5.17. The first-order valence-electron chi connectivity index (χ1n) is 6.83. The molecule has 1 aromatic heterocycles. The van der Waals surface area contributed by atoms with Gasteiger partial charge in [-0.25, -0.2) is 0 Å². The number of methoxy groups -OCH3 is 1. The van der Waals surface area contributed by atoms with E-state index in [-0.39, 0.29) is 5.91 Å². The normalized spacial score (nSPS) is 17.9. The van der Waals surface area contributed by atoms with Crippen molar-refractivity contribution in [3.63, 3.8) is 0 Å². The van der Waals surface area contributed by atoms with Gasteiger partial charge in [-0.3, -0.25) is 4.79 Å². The van der Waals surface area contributed by atoms with E-state index in [2.05, 4.69) is 24.1 Å². The molecule has 1 saturated heterocycles. The van der Waals surface area contributed by atoms with Gasteiger partial charge >= 0.3 is 0 Å². The van der Waals surface area contributed by atoms with Gasteiger partial charge in [0.2, 0.25) is 0 Å². The van der Waals surface area contributed by atoms with E-state index in [1.54, 1.807) is 14.2 Å². The summed E-state index contributed by atoms with van der Waals surface area (Å²) in [6.07, 6.45) is 2.26. The molecule has 0 unspecified atom stereocenters. The van der Waals surface area contributed by atoms with E-state index in [1.165, 1.54) is 11.3 Å². The molecular formula is C14H23N3O2S. The molecule has 3 N–H and O–H groups in total. The van der Waals surface area contributed by atoms with E-state index >= 15 is 0 Å². The highest BCUT2D eigenvalue weighted by Gasteiger charge is 2.30.